The lowest BCUT2D eigenvalue weighted by molar-refractivity contribution is -0.384. The molecule has 0 aliphatic carbocycles. The number of nitro groups is 1. The molecule has 29 heavy (non-hydrogen) atoms. The summed E-state index contributed by atoms with van der Waals surface area (Å²) in [7, 11) is 1.62. The van der Waals surface area contributed by atoms with E-state index in [1.165, 1.54) is 29.2 Å². The largest absolute Gasteiger partial charge is 0.395 e. The van der Waals surface area contributed by atoms with Gasteiger partial charge in [0, 0.05) is 25.7 Å². The minimum absolute atomic E-state index is 0.109. The molecule has 1 aliphatic heterocycles. The van der Waals surface area contributed by atoms with Crippen molar-refractivity contribution >= 4 is 28.8 Å². The number of likely N-dealkylation sites (N-methyl/N-ethyl adjacent to an activating group) is 1. The number of aliphatic hydroxyl groups is 1. The van der Waals surface area contributed by atoms with Gasteiger partial charge in [-0.3, -0.25) is 19.7 Å². The predicted octanol–water partition coefficient (Wildman–Crippen LogP) is 2.42. The molecule has 8 heteroatoms. The fourth-order valence-corrected chi connectivity index (χ4v) is 3.24. The van der Waals surface area contributed by atoms with Crippen molar-refractivity contribution in [2.45, 2.75) is 13.8 Å². The van der Waals surface area contributed by atoms with Crippen LogP contribution in [0.2, 0.25) is 0 Å². The maximum atomic E-state index is 13.3. The Balaban J connectivity index is 2.12. The van der Waals surface area contributed by atoms with Crippen LogP contribution in [0, 0.1) is 24.0 Å². The van der Waals surface area contributed by atoms with Crippen LogP contribution in [-0.2, 0) is 9.59 Å². The minimum atomic E-state index is -0.528. The van der Waals surface area contributed by atoms with Gasteiger partial charge >= 0.3 is 0 Å². The molecule has 3 rings (SSSR count). The van der Waals surface area contributed by atoms with Crippen molar-refractivity contribution in [3.63, 3.8) is 0 Å². The van der Waals surface area contributed by atoms with Crippen LogP contribution in [0.25, 0.3) is 5.57 Å². The molecular weight excluding hydrogens is 374 g/mol. The first-order valence-electron chi connectivity index (χ1n) is 9.03. The fraction of sp³-hybridized carbons (Fsp3) is 0.238. The van der Waals surface area contributed by atoms with Crippen molar-refractivity contribution in [2.24, 2.45) is 0 Å². The number of non-ortho nitro benzene ring substituents is 1. The van der Waals surface area contributed by atoms with Gasteiger partial charge in [-0.2, -0.15) is 0 Å². The summed E-state index contributed by atoms with van der Waals surface area (Å²) < 4.78 is 0. The maximum absolute atomic E-state index is 13.3. The number of imide groups is 1. The summed E-state index contributed by atoms with van der Waals surface area (Å²) >= 11 is 0. The van der Waals surface area contributed by atoms with E-state index in [0.717, 1.165) is 16.0 Å². The predicted molar refractivity (Wildman–Crippen MR) is 108 cm³/mol. The van der Waals surface area contributed by atoms with Crippen molar-refractivity contribution in [1.29, 1.82) is 0 Å². The summed E-state index contributed by atoms with van der Waals surface area (Å²) in [5, 5.41) is 20.2. The first-order valence-corrected chi connectivity index (χ1v) is 9.03. The van der Waals surface area contributed by atoms with Crippen LogP contribution in [0.5, 0.6) is 0 Å². The second kappa shape index (κ2) is 7.84. The minimum Gasteiger partial charge on any atom is -0.395 e. The fourth-order valence-electron chi connectivity index (χ4n) is 3.24. The molecule has 1 aliphatic rings. The number of carbonyl (C=O) groups is 2. The molecule has 2 amide bonds. The summed E-state index contributed by atoms with van der Waals surface area (Å²) in [5.41, 5.74) is 3.03. The molecule has 150 valence electrons. The van der Waals surface area contributed by atoms with Gasteiger partial charge in [0.1, 0.15) is 5.70 Å². The molecule has 0 unspecified atom stereocenters. The number of hydrogen-bond donors (Lipinski definition) is 1. The molecule has 2 aromatic rings. The number of benzene rings is 2. The summed E-state index contributed by atoms with van der Waals surface area (Å²) in [5.74, 6) is -1.01. The van der Waals surface area contributed by atoms with Crippen molar-refractivity contribution < 1.29 is 19.6 Å². The molecular formula is C21H21N3O5. The zero-order valence-electron chi connectivity index (χ0n) is 16.4. The number of aryl methyl sites for hydroxylation is 2. The van der Waals surface area contributed by atoms with Crippen LogP contribution >= 0.6 is 0 Å². The van der Waals surface area contributed by atoms with E-state index in [9.17, 15) is 24.8 Å². The van der Waals surface area contributed by atoms with Gasteiger partial charge in [-0.05, 0) is 54.8 Å². The lowest BCUT2D eigenvalue weighted by atomic mass is 10.0. The molecule has 0 spiro atoms. The summed E-state index contributed by atoms with van der Waals surface area (Å²) in [6, 6.07) is 10.8. The number of nitro benzene ring substituents is 1. The molecule has 1 heterocycles. The highest BCUT2D eigenvalue weighted by Gasteiger charge is 2.41. The molecule has 0 atom stereocenters. The van der Waals surface area contributed by atoms with E-state index in [0.29, 0.717) is 11.3 Å². The number of rotatable bonds is 6. The molecule has 0 saturated carbocycles. The SMILES string of the molecule is Cc1ccc(N2C(=O)C(c3ccc([N+](=O)[O-])cc3)=C(N(C)CCO)C2=O)cc1C. The lowest BCUT2D eigenvalue weighted by Gasteiger charge is -2.20. The first kappa shape index (κ1) is 20.2. The van der Waals surface area contributed by atoms with Gasteiger partial charge in [0.25, 0.3) is 17.5 Å². The van der Waals surface area contributed by atoms with Gasteiger partial charge in [0.05, 0.1) is 22.8 Å². The van der Waals surface area contributed by atoms with Crippen molar-refractivity contribution in [2.75, 3.05) is 25.1 Å². The monoisotopic (exact) mass is 395 g/mol. The number of anilines is 1. The quantitative estimate of drug-likeness (QED) is 0.458. The first-order chi connectivity index (χ1) is 13.8. The van der Waals surface area contributed by atoms with Crippen LogP contribution in [-0.4, -0.2) is 46.9 Å². The molecule has 0 aromatic heterocycles. The third-order valence-electron chi connectivity index (χ3n) is 4.99. The van der Waals surface area contributed by atoms with Crippen molar-refractivity contribution in [3.05, 3.63) is 75.0 Å². The van der Waals surface area contributed by atoms with E-state index in [2.05, 4.69) is 0 Å². The van der Waals surface area contributed by atoms with Gasteiger partial charge in [-0.1, -0.05) is 6.07 Å². The summed E-state index contributed by atoms with van der Waals surface area (Å²) in [4.78, 5) is 39.5. The maximum Gasteiger partial charge on any atom is 0.282 e. The number of nitrogens with zero attached hydrogens (tertiary/aromatic N) is 3. The molecule has 0 fully saturated rings. The zero-order chi connectivity index (χ0) is 21.3. The van der Waals surface area contributed by atoms with Crippen LogP contribution in [0.3, 0.4) is 0 Å². The van der Waals surface area contributed by atoms with Crippen LogP contribution < -0.4 is 4.90 Å². The number of carbonyl (C=O) groups excluding carboxylic acids is 2. The Labute approximate surface area is 167 Å². The smallest absolute Gasteiger partial charge is 0.282 e. The Morgan fingerprint density at radius 2 is 1.69 bits per heavy atom. The third kappa shape index (κ3) is 3.62. The average molecular weight is 395 g/mol. The molecule has 0 bridgehead atoms. The Morgan fingerprint density at radius 3 is 2.24 bits per heavy atom. The second-order valence-electron chi connectivity index (χ2n) is 6.89. The number of amides is 2. The molecule has 2 aromatic carbocycles. The van der Waals surface area contributed by atoms with E-state index < -0.39 is 16.7 Å². The van der Waals surface area contributed by atoms with E-state index in [1.54, 1.807) is 19.2 Å². The van der Waals surface area contributed by atoms with Gasteiger partial charge < -0.3 is 10.0 Å². The highest BCUT2D eigenvalue weighted by molar-refractivity contribution is 6.45. The standard InChI is InChI=1S/C21H21N3O5/c1-13-4-7-17(12-14(13)2)23-20(26)18(19(21(23)27)22(3)10-11-25)15-5-8-16(9-6-15)24(28)29/h4-9,12,25H,10-11H2,1-3H3. The van der Waals surface area contributed by atoms with Gasteiger partial charge in [0.2, 0.25) is 0 Å². The van der Waals surface area contributed by atoms with Gasteiger partial charge in [-0.25, -0.2) is 4.90 Å². The average Bonchev–Trinajstić information content (AvgIpc) is 2.94. The Bertz CT molecular complexity index is 1030. The van der Waals surface area contributed by atoms with Crippen LogP contribution in [0.15, 0.2) is 48.2 Å². The zero-order valence-corrected chi connectivity index (χ0v) is 16.4. The highest BCUT2D eigenvalue weighted by Crippen LogP contribution is 2.35. The Kier molecular flexibility index (Phi) is 5.47. The Hall–Kier alpha value is -3.52. The highest BCUT2D eigenvalue weighted by atomic mass is 16.6. The van der Waals surface area contributed by atoms with Crippen molar-refractivity contribution in [1.82, 2.24) is 4.90 Å². The van der Waals surface area contributed by atoms with Crippen LogP contribution in [0.4, 0.5) is 11.4 Å². The van der Waals surface area contributed by atoms with Gasteiger partial charge in [-0.15, -0.1) is 0 Å². The number of aliphatic hydroxyl groups excluding tert-OH is 1. The van der Waals surface area contributed by atoms with Gasteiger partial charge in [0.15, 0.2) is 0 Å². The van der Waals surface area contributed by atoms with Crippen molar-refractivity contribution in [3.8, 4) is 0 Å². The van der Waals surface area contributed by atoms with Crippen LogP contribution in [0.1, 0.15) is 16.7 Å². The summed E-state index contributed by atoms with van der Waals surface area (Å²) in [6.45, 7) is 3.80. The summed E-state index contributed by atoms with van der Waals surface area (Å²) in [6.07, 6.45) is 0. The van der Waals surface area contributed by atoms with E-state index in [-0.39, 0.29) is 30.1 Å². The third-order valence-corrected chi connectivity index (χ3v) is 4.99. The van der Waals surface area contributed by atoms with E-state index >= 15 is 0 Å². The van der Waals surface area contributed by atoms with E-state index in [4.69, 9.17) is 0 Å². The second-order valence-corrected chi connectivity index (χ2v) is 6.89. The molecule has 0 saturated heterocycles. The number of hydrogen-bond acceptors (Lipinski definition) is 6. The Morgan fingerprint density at radius 1 is 1.03 bits per heavy atom. The molecule has 1 N–H and O–H groups in total. The van der Waals surface area contributed by atoms with E-state index in [1.807, 2.05) is 19.9 Å². The topological polar surface area (TPSA) is 104 Å². The molecule has 8 nitrogen and oxygen atoms in total. The lowest BCUT2D eigenvalue weighted by Crippen LogP contribution is -2.35. The normalized spacial score (nSPS) is 14.0. The molecule has 0 radical (unpaired) electrons.